The molecule has 0 fully saturated rings. The number of rotatable bonds is 4. The molecule has 0 bridgehead atoms. The molecular weight excluding hydrogens is 236 g/mol. The van der Waals surface area contributed by atoms with Crippen LogP contribution in [0.5, 0.6) is 0 Å². The minimum Gasteiger partial charge on any atom is -0.377 e. The van der Waals surface area contributed by atoms with Gasteiger partial charge in [-0.3, -0.25) is 0 Å². The van der Waals surface area contributed by atoms with E-state index in [2.05, 4.69) is 31.9 Å². The Morgan fingerprint density at radius 1 is 1.38 bits per heavy atom. The van der Waals surface area contributed by atoms with Gasteiger partial charge < -0.3 is 4.74 Å². The van der Waals surface area contributed by atoms with E-state index < -0.39 is 0 Å². The van der Waals surface area contributed by atoms with Gasteiger partial charge >= 0.3 is 0 Å². The molecule has 0 spiro atoms. The largest absolute Gasteiger partial charge is 0.377 e. The molecule has 1 nitrogen and oxygen atoms in total. The maximum absolute atomic E-state index is 5.25. The zero-order chi connectivity index (χ0) is 6.41. The van der Waals surface area contributed by atoms with E-state index in [1.165, 1.54) is 0 Å². The highest BCUT2D eigenvalue weighted by Crippen LogP contribution is 2.00. The van der Waals surface area contributed by atoms with Gasteiger partial charge in [-0.2, -0.15) is 0 Å². The number of hydrogen-bond acceptors (Lipinski definition) is 1. The smallest absolute Gasteiger partial charge is 0.0768 e. The second-order valence-corrected chi connectivity index (χ2v) is 2.68. The molecule has 0 saturated carbocycles. The van der Waals surface area contributed by atoms with Crippen LogP contribution >= 0.6 is 31.9 Å². The van der Waals surface area contributed by atoms with Crippen LogP contribution < -0.4 is 0 Å². The van der Waals surface area contributed by atoms with Gasteiger partial charge in [0.1, 0.15) is 0 Å². The van der Waals surface area contributed by atoms with Crippen molar-refractivity contribution < 1.29 is 4.74 Å². The second kappa shape index (κ2) is 6.05. The normalized spacial score (nSPS) is 10.5. The van der Waals surface area contributed by atoms with E-state index in [9.17, 15) is 0 Å². The first-order chi connectivity index (χ1) is 3.85. The Labute approximate surface area is 67.0 Å². The summed E-state index contributed by atoms with van der Waals surface area (Å²) in [5, 5.41) is 1.82. The molecule has 0 aromatic carbocycles. The van der Waals surface area contributed by atoms with Gasteiger partial charge in [0.15, 0.2) is 0 Å². The molecule has 3 heteroatoms. The summed E-state index contributed by atoms with van der Waals surface area (Å²) in [6.07, 6.45) is 0.333. The molecule has 0 rings (SSSR count). The van der Waals surface area contributed by atoms with Gasteiger partial charge in [0.05, 0.1) is 6.10 Å². The molecule has 0 aromatic heterocycles. The first-order valence-corrected chi connectivity index (χ1v) is 4.83. The zero-order valence-corrected chi connectivity index (χ0v) is 8.03. The fraction of sp³-hybridized carbons (Fsp3) is 1.00. The lowest BCUT2D eigenvalue weighted by Gasteiger charge is -2.08. The lowest BCUT2D eigenvalue weighted by molar-refractivity contribution is 0.0980. The average Bonchev–Trinajstić information content (AvgIpc) is 1.83. The quantitative estimate of drug-likeness (QED) is 0.690. The summed E-state index contributed by atoms with van der Waals surface area (Å²) in [4.78, 5) is 0. The number of halogens is 2. The molecule has 0 saturated heterocycles. The molecule has 0 aromatic rings. The van der Waals surface area contributed by atoms with Gasteiger partial charge in [-0.1, -0.05) is 31.9 Å². The predicted molar refractivity (Wildman–Crippen MR) is 43.0 cm³/mol. The van der Waals surface area contributed by atoms with Gasteiger partial charge in [0.2, 0.25) is 0 Å². The Balaban J connectivity index is 3.07. The second-order valence-electron chi connectivity index (χ2n) is 1.39. The van der Waals surface area contributed by atoms with Crippen molar-refractivity contribution >= 4 is 31.9 Å². The Bertz CT molecular complexity index is 45.7. The molecule has 50 valence electrons. The standard InChI is InChI=1S/C5H10Br2O/c1-2-8-5(3-6)4-7/h5H,2-4H2,1H3. The number of hydrogen-bond donors (Lipinski definition) is 0. The minimum absolute atomic E-state index is 0.333. The Kier molecular flexibility index (Phi) is 6.74. The van der Waals surface area contributed by atoms with Crippen LogP contribution in [0.4, 0.5) is 0 Å². The molecule has 0 heterocycles. The van der Waals surface area contributed by atoms with E-state index in [1.54, 1.807) is 0 Å². The SMILES string of the molecule is CCOC(CBr)CBr. The third-order valence-corrected chi connectivity index (χ3v) is 2.19. The van der Waals surface area contributed by atoms with Crippen molar-refractivity contribution in [1.82, 2.24) is 0 Å². The van der Waals surface area contributed by atoms with Gasteiger partial charge in [-0.05, 0) is 6.92 Å². The summed E-state index contributed by atoms with van der Waals surface area (Å²) in [7, 11) is 0. The summed E-state index contributed by atoms with van der Waals surface area (Å²) in [5.41, 5.74) is 0. The topological polar surface area (TPSA) is 9.23 Å². The highest BCUT2D eigenvalue weighted by Gasteiger charge is 2.01. The van der Waals surface area contributed by atoms with Crippen molar-refractivity contribution in [3.05, 3.63) is 0 Å². The van der Waals surface area contributed by atoms with E-state index in [1.807, 2.05) is 6.92 Å². The number of alkyl halides is 2. The van der Waals surface area contributed by atoms with Crippen molar-refractivity contribution in [3.63, 3.8) is 0 Å². The van der Waals surface area contributed by atoms with Crippen molar-refractivity contribution in [2.24, 2.45) is 0 Å². The van der Waals surface area contributed by atoms with Crippen molar-refractivity contribution in [2.45, 2.75) is 13.0 Å². The third-order valence-electron chi connectivity index (χ3n) is 0.747. The molecule has 8 heavy (non-hydrogen) atoms. The molecular formula is C5H10Br2O. The van der Waals surface area contributed by atoms with Gasteiger partial charge in [0, 0.05) is 17.3 Å². The monoisotopic (exact) mass is 244 g/mol. The Morgan fingerprint density at radius 3 is 2.00 bits per heavy atom. The van der Waals surface area contributed by atoms with Crippen LogP contribution in [-0.2, 0) is 4.74 Å². The minimum atomic E-state index is 0.333. The van der Waals surface area contributed by atoms with Crippen LogP contribution in [0.15, 0.2) is 0 Å². The first kappa shape index (κ1) is 8.92. The predicted octanol–water partition coefficient (Wildman–Crippen LogP) is 2.18. The van der Waals surface area contributed by atoms with E-state index >= 15 is 0 Å². The summed E-state index contributed by atoms with van der Waals surface area (Å²) >= 11 is 6.64. The fourth-order valence-corrected chi connectivity index (χ4v) is 1.81. The van der Waals surface area contributed by atoms with Gasteiger partial charge in [0.25, 0.3) is 0 Å². The van der Waals surface area contributed by atoms with E-state index in [0.717, 1.165) is 17.3 Å². The first-order valence-electron chi connectivity index (χ1n) is 2.58. The average molecular weight is 246 g/mol. The van der Waals surface area contributed by atoms with Crippen LogP contribution in [0, 0.1) is 0 Å². The zero-order valence-electron chi connectivity index (χ0n) is 4.86. The Morgan fingerprint density at radius 2 is 1.88 bits per heavy atom. The maximum Gasteiger partial charge on any atom is 0.0768 e. The summed E-state index contributed by atoms with van der Waals surface area (Å²) in [6, 6.07) is 0. The summed E-state index contributed by atoms with van der Waals surface area (Å²) in [6.45, 7) is 2.79. The van der Waals surface area contributed by atoms with E-state index in [4.69, 9.17) is 4.74 Å². The molecule has 0 aliphatic rings. The van der Waals surface area contributed by atoms with Crippen molar-refractivity contribution in [2.75, 3.05) is 17.3 Å². The Hall–Kier alpha value is 0.920. The molecule has 0 aliphatic heterocycles. The van der Waals surface area contributed by atoms with Crippen LogP contribution in [0.1, 0.15) is 6.92 Å². The highest BCUT2D eigenvalue weighted by molar-refractivity contribution is 9.09. The van der Waals surface area contributed by atoms with Crippen LogP contribution in [0.2, 0.25) is 0 Å². The highest BCUT2D eigenvalue weighted by atomic mass is 79.9. The lowest BCUT2D eigenvalue weighted by Crippen LogP contribution is -2.15. The number of ether oxygens (including phenoxy) is 1. The molecule has 0 radical (unpaired) electrons. The molecule has 0 unspecified atom stereocenters. The summed E-state index contributed by atoms with van der Waals surface area (Å²) < 4.78 is 5.25. The van der Waals surface area contributed by atoms with Crippen molar-refractivity contribution in [3.8, 4) is 0 Å². The molecule has 0 aliphatic carbocycles. The van der Waals surface area contributed by atoms with E-state index in [0.29, 0.717) is 6.10 Å². The summed E-state index contributed by atoms with van der Waals surface area (Å²) in [5.74, 6) is 0. The molecule has 0 N–H and O–H groups in total. The maximum atomic E-state index is 5.25. The molecule has 0 amide bonds. The van der Waals surface area contributed by atoms with Crippen LogP contribution in [-0.4, -0.2) is 23.4 Å². The van der Waals surface area contributed by atoms with Crippen molar-refractivity contribution in [1.29, 1.82) is 0 Å². The van der Waals surface area contributed by atoms with Crippen LogP contribution in [0.3, 0.4) is 0 Å². The molecule has 0 atom stereocenters. The lowest BCUT2D eigenvalue weighted by atomic mass is 10.5. The van der Waals surface area contributed by atoms with Gasteiger partial charge in [-0.25, -0.2) is 0 Å². The van der Waals surface area contributed by atoms with Crippen LogP contribution in [0.25, 0.3) is 0 Å². The van der Waals surface area contributed by atoms with E-state index in [-0.39, 0.29) is 0 Å². The fourth-order valence-electron chi connectivity index (χ4n) is 0.366. The third kappa shape index (κ3) is 3.87. The van der Waals surface area contributed by atoms with Gasteiger partial charge in [-0.15, -0.1) is 0 Å².